The molecule has 1 aromatic heterocycles. The monoisotopic (exact) mass is 265 g/mol. The van der Waals surface area contributed by atoms with Gasteiger partial charge in [0.25, 0.3) is 0 Å². The quantitative estimate of drug-likeness (QED) is 0.716. The summed E-state index contributed by atoms with van der Waals surface area (Å²) in [4.78, 5) is 10.9. The fraction of sp³-hybridized carbons (Fsp3) is 0.692. The summed E-state index contributed by atoms with van der Waals surface area (Å²) < 4.78 is 0. The van der Waals surface area contributed by atoms with Crippen molar-refractivity contribution >= 4 is 11.8 Å². The Hall–Kier alpha value is -1.40. The smallest absolute Gasteiger partial charge is 0.224 e. The number of aliphatic hydroxyl groups is 1. The molecule has 0 aromatic carbocycles. The van der Waals surface area contributed by atoms with E-state index in [1.807, 2.05) is 19.9 Å². The van der Waals surface area contributed by atoms with Crippen LogP contribution in [0.5, 0.6) is 0 Å². The lowest BCUT2D eigenvalue weighted by atomic mass is 9.95. The van der Waals surface area contributed by atoms with E-state index in [1.54, 1.807) is 6.20 Å². The van der Waals surface area contributed by atoms with E-state index in [2.05, 4.69) is 20.2 Å². The number of nitrogens with one attached hydrogen (secondary N) is 1. The second-order valence-corrected chi connectivity index (χ2v) is 5.91. The largest absolute Gasteiger partial charge is 0.396 e. The number of aromatic nitrogens is 2. The van der Waals surface area contributed by atoms with Crippen LogP contribution in [-0.4, -0.2) is 47.4 Å². The lowest BCUT2D eigenvalue weighted by Crippen LogP contribution is -2.28. The first-order valence-corrected chi connectivity index (χ1v) is 6.68. The van der Waals surface area contributed by atoms with Crippen molar-refractivity contribution in [3.05, 3.63) is 12.3 Å². The molecule has 2 rings (SSSR count). The molecule has 0 aliphatic carbocycles. The number of hydrogen-bond donors (Lipinski definition) is 3. The number of aliphatic hydroxyl groups excluding tert-OH is 1. The van der Waals surface area contributed by atoms with Crippen LogP contribution in [0.3, 0.4) is 0 Å². The summed E-state index contributed by atoms with van der Waals surface area (Å²) in [5.41, 5.74) is 5.72. The molecule has 0 unspecified atom stereocenters. The summed E-state index contributed by atoms with van der Waals surface area (Å²) in [5, 5.41) is 12.4. The maximum absolute atomic E-state index is 9.23. The van der Waals surface area contributed by atoms with Gasteiger partial charge in [0.2, 0.25) is 5.95 Å². The highest BCUT2D eigenvalue weighted by Crippen LogP contribution is 2.19. The molecular formula is C13H23N5O. The zero-order valence-corrected chi connectivity index (χ0v) is 11.6. The summed E-state index contributed by atoms with van der Waals surface area (Å²) in [6.45, 7) is 6.53. The third-order valence-electron chi connectivity index (χ3n) is 3.34. The fourth-order valence-corrected chi connectivity index (χ4v) is 1.98. The first-order valence-electron chi connectivity index (χ1n) is 6.68. The van der Waals surface area contributed by atoms with Gasteiger partial charge in [-0.3, -0.25) is 0 Å². The molecule has 1 aromatic rings. The van der Waals surface area contributed by atoms with Crippen LogP contribution in [0.2, 0.25) is 0 Å². The van der Waals surface area contributed by atoms with Gasteiger partial charge in [-0.15, -0.1) is 0 Å². The standard InChI is InChI=1S/C13H23N5O/c1-13(2,9-19)8-16-12-15-5-3-11(17-12)18-6-4-10(14)7-18/h3,5,10,19H,4,6-9,14H2,1-2H3,(H,15,16,17)/t10-/m1/s1. The van der Waals surface area contributed by atoms with Crippen molar-refractivity contribution in [1.29, 1.82) is 0 Å². The number of anilines is 2. The molecule has 0 bridgehead atoms. The Balaban J connectivity index is 1.99. The van der Waals surface area contributed by atoms with Gasteiger partial charge < -0.3 is 21.1 Å². The van der Waals surface area contributed by atoms with Gasteiger partial charge in [0.1, 0.15) is 5.82 Å². The molecule has 19 heavy (non-hydrogen) atoms. The van der Waals surface area contributed by atoms with E-state index in [0.29, 0.717) is 12.5 Å². The predicted octanol–water partition coefficient (Wildman–Crippen LogP) is 0.444. The Morgan fingerprint density at radius 1 is 1.58 bits per heavy atom. The summed E-state index contributed by atoms with van der Waals surface area (Å²) in [7, 11) is 0. The second-order valence-electron chi connectivity index (χ2n) is 5.91. The van der Waals surface area contributed by atoms with Crippen LogP contribution >= 0.6 is 0 Å². The van der Waals surface area contributed by atoms with Crippen molar-refractivity contribution in [3.63, 3.8) is 0 Å². The molecular weight excluding hydrogens is 242 g/mol. The summed E-state index contributed by atoms with van der Waals surface area (Å²) in [6, 6.07) is 2.14. The van der Waals surface area contributed by atoms with Crippen LogP contribution < -0.4 is 16.0 Å². The summed E-state index contributed by atoms with van der Waals surface area (Å²) >= 11 is 0. The molecule has 1 saturated heterocycles. The molecule has 1 fully saturated rings. The Morgan fingerprint density at radius 2 is 2.37 bits per heavy atom. The minimum absolute atomic E-state index is 0.126. The molecule has 0 radical (unpaired) electrons. The topological polar surface area (TPSA) is 87.3 Å². The summed E-state index contributed by atoms with van der Waals surface area (Å²) in [6.07, 6.45) is 2.75. The van der Waals surface area contributed by atoms with E-state index in [9.17, 15) is 5.11 Å². The zero-order valence-electron chi connectivity index (χ0n) is 11.6. The van der Waals surface area contributed by atoms with E-state index in [1.165, 1.54) is 0 Å². The molecule has 6 nitrogen and oxygen atoms in total. The van der Waals surface area contributed by atoms with Crippen LogP contribution in [0, 0.1) is 5.41 Å². The Kier molecular flexibility index (Phi) is 4.21. The van der Waals surface area contributed by atoms with Crippen molar-refractivity contribution in [2.24, 2.45) is 11.1 Å². The highest BCUT2D eigenvalue weighted by Gasteiger charge is 2.21. The molecule has 2 heterocycles. The van der Waals surface area contributed by atoms with E-state index >= 15 is 0 Å². The third-order valence-corrected chi connectivity index (χ3v) is 3.34. The lowest BCUT2D eigenvalue weighted by Gasteiger charge is -2.22. The molecule has 0 amide bonds. The molecule has 6 heteroatoms. The normalized spacial score (nSPS) is 19.8. The van der Waals surface area contributed by atoms with E-state index in [-0.39, 0.29) is 18.1 Å². The van der Waals surface area contributed by atoms with Crippen LogP contribution in [0.25, 0.3) is 0 Å². The van der Waals surface area contributed by atoms with Gasteiger partial charge in [0.05, 0.1) is 0 Å². The van der Waals surface area contributed by atoms with Crippen molar-refractivity contribution in [2.75, 3.05) is 36.5 Å². The predicted molar refractivity (Wildman–Crippen MR) is 76.2 cm³/mol. The van der Waals surface area contributed by atoms with Gasteiger partial charge in [0, 0.05) is 43.9 Å². The Morgan fingerprint density at radius 3 is 3.00 bits per heavy atom. The van der Waals surface area contributed by atoms with Crippen molar-refractivity contribution in [1.82, 2.24) is 9.97 Å². The number of nitrogens with zero attached hydrogens (tertiary/aromatic N) is 3. The minimum Gasteiger partial charge on any atom is -0.396 e. The Labute approximate surface area is 114 Å². The third kappa shape index (κ3) is 3.78. The lowest BCUT2D eigenvalue weighted by molar-refractivity contribution is 0.170. The van der Waals surface area contributed by atoms with Gasteiger partial charge in [-0.25, -0.2) is 4.98 Å². The average molecular weight is 265 g/mol. The Bertz CT molecular complexity index is 423. The maximum Gasteiger partial charge on any atom is 0.224 e. The molecule has 1 atom stereocenters. The number of rotatable bonds is 5. The second kappa shape index (κ2) is 5.71. The van der Waals surface area contributed by atoms with Crippen LogP contribution in [-0.2, 0) is 0 Å². The molecule has 0 saturated carbocycles. The van der Waals surface area contributed by atoms with Crippen LogP contribution in [0.1, 0.15) is 20.3 Å². The van der Waals surface area contributed by atoms with E-state index < -0.39 is 0 Å². The van der Waals surface area contributed by atoms with Crippen molar-refractivity contribution in [3.8, 4) is 0 Å². The SMILES string of the molecule is CC(C)(CO)CNc1nccc(N2CC[C@@H](N)C2)n1. The summed E-state index contributed by atoms with van der Waals surface area (Å²) in [5.74, 6) is 1.51. The first-order chi connectivity index (χ1) is 9.00. The first kappa shape index (κ1) is 14.0. The average Bonchev–Trinajstić information content (AvgIpc) is 2.84. The molecule has 4 N–H and O–H groups in total. The number of hydrogen-bond acceptors (Lipinski definition) is 6. The van der Waals surface area contributed by atoms with Gasteiger partial charge in [-0.05, 0) is 12.5 Å². The molecule has 106 valence electrons. The van der Waals surface area contributed by atoms with Crippen LogP contribution in [0.4, 0.5) is 11.8 Å². The molecule has 1 aliphatic rings. The number of nitrogens with two attached hydrogens (primary N) is 1. The highest BCUT2D eigenvalue weighted by atomic mass is 16.3. The minimum atomic E-state index is -0.185. The van der Waals surface area contributed by atoms with E-state index in [4.69, 9.17) is 5.73 Å². The van der Waals surface area contributed by atoms with E-state index in [0.717, 1.165) is 25.3 Å². The van der Waals surface area contributed by atoms with Gasteiger partial charge in [0.15, 0.2) is 0 Å². The van der Waals surface area contributed by atoms with Crippen molar-refractivity contribution < 1.29 is 5.11 Å². The van der Waals surface area contributed by atoms with Crippen LogP contribution in [0.15, 0.2) is 12.3 Å². The maximum atomic E-state index is 9.23. The van der Waals surface area contributed by atoms with Gasteiger partial charge in [-0.2, -0.15) is 4.98 Å². The van der Waals surface area contributed by atoms with Crippen molar-refractivity contribution in [2.45, 2.75) is 26.3 Å². The van der Waals surface area contributed by atoms with Gasteiger partial charge >= 0.3 is 0 Å². The molecule has 1 aliphatic heterocycles. The molecule has 0 spiro atoms. The highest BCUT2D eigenvalue weighted by molar-refractivity contribution is 5.43. The fourth-order valence-electron chi connectivity index (χ4n) is 1.98. The zero-order chi connectivity index (χ0) is 13.9. The van der Waals surface area contributed by atoms with Gasteiger partial charge in [-0.1, -0.05) is 13.8 Å².